The molecule has 0 spiro atoms. The van der Waals surface area contributed by atoms with E-state index in [0.29, 0.717) is 0 Å². The molecule has 0 saturated heterocycles. The molecule has 1 aromatic carbocycles. The van der Waals surface area contributed by atoms with Crippen LogP contribution < -0.4 is 0 Å². The Hall–Kier alpha value is -1.54. The maximum absolute atomic E-state index is 10.5. The van der Waals surface area contributed by atoms with Crippen molar-refractivity contribution in [3.63, 3.8) is 0 Å². The van der Waals surface area contributed by atoms with E-state index in [-0.39, 0.29) is 0 Å². The van der Waals surface area contributed by atoms with Crippen molar-refractivity contribution < 1.29 is 9.52 Å². The molecule has 0 aliphatic rings. The highest BCUT2D eigenvalue weighted by Gasteiger charge is 2.18. The molecule has 2 rings (SSSR count). The highest BCUT2D eigenvalue weighted by Crippen LogP contribution is 2.30. The van der Waals surface area contributed by atoms with E-state index in [1.807, 2.05) is 19.9 Å². The molecular formula is C16H20O2. The summed E-state index contributed by atoms with van der Waals surface area (Å²) in [4.78, 5) is 0. The van der Waals surface area contributed by atoms with E-state index in [9.17, 15) is 5.11 Å². The van der Waals surface area contributed by atoms with Gasteiger partial charge in [-0.15, -0.1) is 0 Å². The van der Waals surface area contributed by atoms with Crippen LogP contribution in [0.5, 0.6) is 0 Å². The third kappa shape index (κ3) is 2.21. The van der Waals surface area contributed by atoms with Crippen molar-refractivity contribution in [2.24, 2.45) is 0 Å². The Bertz CT molecular complexity index is 552. The minimum atomic E-state index is -0.599. The first kappa shape index (κ1) is 12.9. The number of aryl methyl sites for hydroxylation is 4. The Kier molecular flexibility index (Phi) is 3.58. The number of aliphatic hydroxyl groups is 1. The molecule has 1 unspecified atom stereocenters. The molecule has 2 nitrogen and oxygen atoms in total. The third-order valence-electron chi connectivity index (χ3n) is 3.57. The Balaban J connectivity index is 2.46. The predicted octanol–water partition coefficient (Wildman–Crippen LogP) is 3.85. The molecule has 0 saturated carbocycles. The summed E-state index contributed by atoms with van der Waals surface area (Å²) >= 11 is 0. The monoisotopic (exact) mass is 244 g/mol. The van der Waals surface area contributed by atoms with Crippen molar-refractivity contribution in [1.29, 1.82) is 0 Å². The lowest BCUT2D eigenvalue weighted by atomic mass is 9.93. The SMILES string of the molecule is CCc1occc1C(O)c1cc(C)c(C)cc1C. The summed E-state index contributed by atoms with van der Waals surface area (Å²) in [7, 11) is 0. The van der Waals surface area contributed by atoms with Crippen LogP contribution in [-0.4, -0.2) is 5.11 Å². The third-order valence-corrected chi connectivity index (χ3v) is 3.57. The van der Waals surface area contributed by atoms with Crippen LogP contribution in [-0.2, 0) is 6.42 Å². The van der Waals surface area contributed by atoms with Crippen LogP contribution in [0.1, 0.15) is 46.6 Å². The van der Waals surface area contributed by atoms with Gasteiger partial charge in [-0.1, -0.05) is 19.1 Å². The average molecular weight is 244 g/mol. The summed E-state index contributed by atoms with van der Waals surface area (Å²) in [5, 5.41) is 10.5. The molecular weight excluding hydrogens is 224 g/mol. The van der Waals surface area contributed by atoms with Gasteiger partial charge in [0.25, 0.3) is 0 Å². The highest BCUT2D eigenvalue weighted by atomic mass is 16.3. The van der Waals surface area contributed by atoms with Crippen LogP contribution in [0.25, 0.3) is 0 Å². The maximum atomic E-state index is 10.5. The average Bonchev–Trinajstić information content (AvgIpc) is 2.81. The summed E-state index contributed by atoms with van der Waals surface area (Å²) in [6, 6.07) is 6.06. The second-order valence-corrected chi connectivity index (χ2v) is 4.85. The van der Waals surface area contributed by atoms with Gasteiger partial charge < -0.3 is 9.52 Å². The number of benzene rings is 1. The predicted molar refractivity (Wildman–Crippen MR) is 72.8 cm³/mol. The van der Waals surface area contributed by atoms with Gasteiger partial charge in [-0.25, -0.2) is 0 Å². The van der Waals surface area contributed by atoms with Crippen LogP contribution in [0.15, 0.2) is 28.9 Å². The molecule has 1 heterocycles. The van der Waals surface area contributed by atoms with Crippen molar-refractivity contribution in [3.8, 4) is 0 Å². The Morgan fingerprint density at radius 1 is 1.06 bits per heavy atom. The minimum absolute atomic E-state index is 0.599. The smallest absolute Gasteiger partial charge is 0.109 e. The molecule has 2 heteroatoms. The van der Waals surface area contributed by atoms with Crippen molar-refractivity contribution in [2.45, 2.75) is 40.2 Å². The Morgan fingerprint density at radius 3 is 2.39 bits per heavy atom. The molecule has 0 radical (unpaired) electrons. The Morgan fingerprint density at radius 2 is 1.72 bits per heavy atom. The van der Waals surface area contributed by atoms with E-state index < -0.39 is 6.10 Å². The number of aliphatic hydroxyl groups excluding tert-OH is 1. The van der Waals surface area contributed by atoms with Crippen LogP contribution >= 0.6 is 0 Å². The van der Waals surface area contributed by atoms with Gasteiger partial charge in [-0.05, 0) is 49.1 Å². The summed E-state index contributed by atoms with van der Waals surface area (Å²) in [6.07, 6.45) is 1.84. The summed E-state index contributed by atoms with van der Waals surface area (Å²) < 4.78 is 5.39. The molecule has 1 N–H and O–H groups in total. The largest absolute Gasteiger partial charge is 0.469 e. The number of hydrogen-bond acceptors (Lipinski definition) is 2. The molecule has 0 aliphatic carbocycles. The van der Waals surface area contributed by atoms with E-state index in [1.165, 1.54) is 11.1 Å². The minimum Gasteiger partial charge on any atom is -0.469 e. The van der Waals surface area contributed by atoms with Crippen LogP contribution in [0.4, 0.5) is 0 Å². The first-order valence-corrected chi connectivity index (χ1v) is 6.36. The van der Waals surface area contributed by atoms with Crippen LogP contribution in [0.3, 0.4) is 0 Å². The normalized spacial score (nSPS) is 12.7. The summed E-state index contributed by atoms with van der Waals surface area (Å²) in [6.45, 7) is 8.23. The molecule has 0 amide bonds. The fourth-order valence-electron chi connectivity index (χ4n) is 2.33. The van der Waals surface area contributed by atoms with Crippen molar-refractivity contribution in [2.75, 3.05) is 0 Å². The number of hydrogen-bond donors (Lipinski definition) is 1. The molecule has 0 fully saturated rings. The Labute approximate surface area is 108 Å². The first-order valence-electron chi connectivity index (χ1n) is 6.36. The lowest BCUT2D eigenvalue weighted by molar-refractivity contribution is 0.216. The molecule has 0 bridgehead atoms. The second kappa shape index (κ2) is 4.99. The van der Waals surface area contributed by atoms with Gasteiger partial charge in [0, 0.05) is 12.0 Å². The molecule has 1 aromatic heterocycles. The summed E-state index contributed by atoms with van der Waals surface area (Å²) in [5.74, 6) is 0.861. The van der Waals surface area contributed by atoms with Crippen LogP contribution in [0.2, 0.25) is 0 Å². The zero-order valence-corrected chi connectivity index (χ0v) is 11.4. The van der Waals surface area contributed by atoms with Gasteiger partial charge in [-0.3, -0.25) is 0 Å². The fraction of sp³-hybridized carbons (Fsp3) is 0.375. The van der Waals surface area contributed by atoms with Gasteiger partial charge in [0.1, 0.15) is 11.9 Å². The van der Waals surface area contributed by atoms with Gasteiger partial charge in [-0.2, -0.15) is 0 Å². The lowest BCUT2D eigenvalue weighted by Crippen LogP contribution is -2.04. The zero-order valence-electron chi connectivity index (χ0n) is 11.4. The van der Waals surface area contributed by atoms with E-state index in [4.69, 9.17) is 4.42 Å². The van der Waals surface area contributed by atoms with E-state index in [1.54, 1.807) is 6.26 Å². The fourth-order valence-corrected chi connectivity index (χ4v) is 2.33. The molecule has 0 aliphatic heterocycles. The lowest BCUT2D eigenvalue weighted by Gasteiger charge is -2.16. The van der Waals surface area contributed by atoms with E-state index in [2.05, 4.69) is 26.0 Å². The molecule has 96 valence electrons. The topological polar surface area (TPSA) is 33.4 Å². The van der Waals surface area contributed by atoms with Gasteiger partial charge in [0.05, 0.1) is 6.26 Å². The molecule has 1 atom stereocenters. The first-order chi connectivity index (χ1) is 8.54. The van der Waals surface area contributed by atoms with Gasteiger partial charge in [0.15, 0.2) is 0 Å². The van der Waals surface area contributed by atoms with Crippen molar-refractivity contribution in [1.82, 2.24) is 0 Å². The maximum Gasteiger partial charge on any atom is 0.109 e. The van der Waals surface area contributed by atoms with Crippen molar-refractivity contribution >= 4 is 0 Å². The van der Waals surface area contributed by atoms with E-state index in [0.717, 1.165) is 28.9 Å². The number of rotatable bonds is 3. The van der Waals surface area contributed by atoms with Crippen molar-refractivity contribution in [3.05, 3.63) is 58.0 Å². The highest BCUT2D eigenvalue weighted by molar-refractivity contribution is 5.41. The second-order valence-electron chi connectivity index (χ2n) is 4.85. The van der Waals surface area contributed by atoms with Gasteiger partial charge >= 0.3 is 0 Å². The quantitative estimate of drug-likeness (QED) is 0.889. The molecule has 18 heavy (non-hydrogen) atoms. The standard InChI is InChI=1S/C16H20O2/c1-5-15-13(6-7-18-15)16(17)14-9-11(3)10(2)8-12(14)4/h6-9,16-17H,5H2,1-4H3. The zero-order chi connectivity index (χ0) is 13.3. The van der Waals surface area contributed by atoms with Crippen LogP contribution in [0, 0.1) is 20.8 Å². The molecule has 2 aromatic rings. The summed E-state index contributed by atoms with van der Waals surface area (Å²) in [5.41, 5.74) is 5.43. The van der Waals surface area contributed by atoms with Gasteiger partial charge in [0.2, 0.25) is 0 Å². The van der Waals surface area contributed by atoms with E-state index >= 15 is 0 Å². The number of furan rings is 1.